The Labute approximate surface area is 114 Å². The van der Waals surface area contributed by atoms with Crippen molar-refractivity contribution in [3.8, 4) is 0 Å². The highest BCUT2D eigenvalue weighted by molar-refractivity contribution is 7.89. The predicted octanol–water partition coefficient (Wildman–Crippen LogP) is 0.397. The first-order valence-electron chi connectivity index (χ1n) is 6.95. The molecule has 2 aliphatic heterocycles. The summed E-state index contributed by atoms with van der Waals surface area (Å²) in [5.41, 5.74) is 0. The normalized spacial score (nSPS) is 28.8. The molecule has 2 unspecified atom stereocenters. The van der Waals surface area contributed by atoms with E-state index >= 15 is 0 Å². The minimum atomic E-state index is -3.31. The predicted molar refractivity (Wildman–Crippen MR) is 71.4 cm³/mol. The Balaban J connectivity index is 1.95. The van der Waals surface area contributed by atoms with Gasteiger partial charge in [0.2, 0.25) is 10.0 Å². The van der Waals surface area contributed by atoms with Crippen LogP contribution in [0.25, 0.3) is 0 Å². The summed E-state index contributed by atoms with van der Waals surface area (Å²) in [6.45, 7) is 1.55. The van der Waals surface area contributed by atoms with Crippen molar-refractivity contribution in [2.75, 3.05) is 18.8 Å². The van der Waals surface area contributed by atoms with Crippen LogP contribution in [0.1, 0.15) is 38.5 Å². The first-order valence-corrected chi connectivity index (χ1v) is 8.56. The number of nitrogens with one attached hydrogen (secondary N) is 1. The Bertz CT molecular complexity index is 417. The van der Waals surface area contributed by atoms with Gasteiger partial charge in [0, 0.05) is 25.0 Å². The summed E-state index contributed by atoms with van der Waals surface area (Å²) < 4.78 is 26.2. The van der Waals surface area contributed by atoms with E-state index in [9.17, 15) is 13.2 Å². The smallest absolute Gasteiger partial charge is 0.303 e. The highest BCUT2D eigenvalue weighted by Gasteiger charge is 2.39. The van der Waals surface area contributed by atoms with Crippen molar-refractivity contribution in [1.29, 1.82) is 0 Å². The molecule has 0 bridgehead atoms. The Morgan fingerprint density at radius 2 is 2.11 bits per heavy atom. The van der Waals surface area contributed by atoms with Gasteiger partial charge in [0.25, 0.3) is 0 Å². The molecule has 6 nitrogen and oxygen atoms in total. The van der Waals surface area contributed by atoms with Crippen molar-refractivity contribution in [2.24, 2.45) is 0 Å². The molecule has 0 saturated carbocycles. The van der Waals surface area contributed by atoms with Gasteiger partial charge in [-0.25, -0.2) is 8.42 Å². The SMILES string of the molecule is O=C(O)CCCS(=O)(=O)N1CCCC1C1CCCN1. The number of hydrogen-bond donors (Lipinski definition) is 2. The zero-order chi connectivity index (χ0) is 13.9. The molecule has 0 spiro atoms. The van der Waals surface area contributed by atoms with E-state index < -0.39 is 16.0 Å². The quantitative estimate of drug-likeness (QED) is 0.739. The monoisotopic (exact) mass is 290 g/mol. The van der Waals surface area contributed by atoms with E-state index in [0.717, 1.165) is 32.2 Å². The minimum absolute atomic E-state index is 0.0531. The molecule has 0 amide bonds. The fourth-order valence-electron chi connectivity index (χ4n) is 3.08. The Morgan fingerprint density at radius 3 is 2.74 bits per heavy atom. The lowest BCUT2D eigenvalue weighted by molar-refractivity contribution is -0.137. The fourth-order valence-corrected chi connectivity index (χ4v) is 4.89. The summed E-state index contributed by atoms with van der Waals surface area (Å²) in [7, 11) is -3.31. The van der Waals surface area contributed by atoms with Gasteiger partial charge >= 0.3 is 5.97 Å². The number of rotatable bonds is 6. The van der Waals surface area contributed by atoms with E-state index in [-0.39, 0.29) is 30.7 Å². The highest BCUT2D eigenvalue weighted by atomic mass is 32.2. The Hall–Kier alpha value is -0.660. The van der Waals surface area contributed by atoms with E-state index in [1.807, 2.05) is 0 Å². The van der Waals surface area contributed by atoms with Gasteiger partial charge in [-0.1, -0.05) is 0 Å². The highest BCUT2D eigenvalue weighted by Crippen LogP contribution is 2.27. The number of hydrogen-bond acceptors (Lipinski definition) is 4. The Morgan fingerprint density at radius 1 is 1.32 bits per heavy atom. The molecular formula is C12H22N2O4S. The van der Waals surface area contributed by atoms with Gasteiger partial charge in [-0.2, -0.15) is 4.31 Å². The first-order chi connectivity index (χ1) is 9.00. The van der Waals surface area contributed by atoms with Gasteiger partial charge in [0.15, 0.2) is 0 Å². The largest absolute Gasteiger partial charge is 0.481 e. The second kappa shape index (κ2) is 6.19. The number of carboxylic acids is 1. The van der Waals surface area contributed by atoms with Crippen LogP contribution in [0.15, 0.2) is 0 Å². The average Bonchev–Trinajstić information content (AvgIpc) is 2.99. The standard InChI is InChI=1S/C12H22N2O4S/c15-12(16)6-3-9-19(17,18)14-8-2-5-11(14)10-4-1-7-13-10/h10-11,13H,1-9H2,(H,15,16). The van der Waals surface area contributed by atoms with Crippen LogP contribution in [-0.2, 0) is 14.8 Å². The van der Waals surface area contributed by atoms with Gasteiger partial charge in [0.1, 0.15) is 0 Å². The van der Waals surface area contributed by atoms with Crippen molar-refractivity contribution < 1.29 is 18.3 Å². The molecule has 2 fully saturated rings. The third-order valence-electron chi connectivity index (χ3n) is 3.96. The zero-order valence-electron chi connectivity index (χ0n) is 11.0. The molecule has 0 aromatic carbocycles. The minimum Gasteiger partial charge on any atom is -0.481 e. The molecule has 2 saturated heterocycles. The molecule has 2 aliphatic rings. The van der Waals surface area contributed by atoms with Gasteiger partial charge in [-0.15, -0.1) is 0 Å². The summed E-state index contributed by atoms with van der Waals surface area (Å²) in [6.07, 6.45) is 4.06. The molecule has 19 heavy (non-hydrogen) atoms. The molecule has 0 aromatic heterocycles. The van der Waals surface area contributed by atoms with E-state index in [1.165, 1.54) is 0 Å². The van der Waals surface area contributed by atoms with E-state index in [1.54, 1.807) is 4.31 Å². The van der Waals surface area contributed by atoms with Crippen LogP contribution in [0.2, 0.25) is 0 Å². The number of carbonyl (C=O) groups is 1. The second-order valence-electron chi connectivity index (χ2n) is 5.34. The van der Waals surface area contributed by atoms with Crippen molar-refractivity contribution in [3.05, 3.63) is 0 Å². The van der Waals surface area contributed by atoms with Gasteiger partial charge in [0.05, 0.1) is 5.75 Å². The summed E-state index contributed by atoms with van der Waals surface area (Å²) in [5, 5.41) is 12.0. The van der Waals surface area contributed by atoms with Crippen molar-refractivity contribution in [3.63, 3.8) is 0 Å². The maximum absolute atomic E-state index is 12.3. The Kier molecular flexibility index (Phi) is 4.81. The fraction of sp³-hybridized carbons (Fsp3) is 0.917. The molecule has 7 heteroatoms. The lowest BCUT2D eigenvalue weighted by atomic mass is 10.1. The summed E-state index contributed by atoms with van der Waals surface area (Å²) >= 11 is 0. The lowest BCUT2D eigenvalue weighted by Gasteiger charge is -2.28. The molecule has 2 rings (SSSR count). The first kappa shape index (κ1) is 14.7. The second-order valence-corrected chi connectivity index (χ2v) is 7.38. The van der Waals surface area contributed by atoms with E-state index in [4.69, 9.17) is 5.11 Å². The molecule has 2 atom stereocenters. The molecule has 110 valence electrons. The molecule has 2 heterocycles. The van der Waals surface area contributed by atoms with Crippen LogP contribution < -0.4 is 5.32 Å². The van der Waals surface area contributed by atoms with Gasteiger partial charge < -0.3 is 10.4 Å². The molecule has 2 N–H and O–H groups in total. The summed E-state index contributed by atoms with van der Waals surface area (Å²) in [6, 6.07) is 0.342. The molecule has 0 aromatic rings. The lowest BCUT2D eigenvalue weighted by Crippen LogP contribution is -2.47. The van der Waals surface area contributed by atoms with Crippen LogP contribution >= 0.6 is 0 Å². The van der Waals surface area contributed by atoms with Crippen molar-refractivity contribution in [2.45, 2.75) is 50.6 Å². The molecule has 0 radical (unpaired) electrons. The van der Waals surface area contributed by atoms with Crippen LogP contribution in [-0.4, -0.2) is 54.7 Å². The number of carboxylic acid groups (broad SMARTS) is 1. The molecule has 0 aliphatic carbocycles. The third kappa shape index (κ3) is 3.67. The van der Waals surface area contributed by atoms with E-state index in [2.05, 4.69) is 5.32 Å². The molecular weight excluding hydrogens is 268 g/mol. The van der Waals surface area contributed by atoms with Gasteiger partial charge in [-0.3, -0.25) is 4.79 Å². The van der Waals surface area contributed by atoms with Crippen molar-refractivity contribution in [1.82, 2.24) is 9.62 Å². The maximum Gasteiger partial charge on any atom is 0.303 e. The van der Waals surface area contributed by atoms with Crippen LogP contribution in [0.3, 0.4) is 0 Å². The number of nitrogens with zero attached hydrogens (tertiary/aromatic N) is 1. The average molecular weight is 290 g/mol. The van der Waals surface area contributed by atoms with Crippen LogP contribution in [0, 0.1) is 0 Å². The van der Waals surface area contributed by atoms with E-state index in [0.29, 0.717) is 6.54 Å². The van der Waals surface area contributed by atoms with Gasteiger partial charge in [-0.05, 0) is 38.6 Å². The summed E-state index contributed by atoms with van der Waals surface area (Å²) in [5.74, 6) is -0.992. The van der Waals surface area contributed by atoms with Crippen LogP contribution in [0.5, 0.6) is 0 Å². The van der Waals surface area contributed by atoms with Crippen molar-refractivity contribution >= 4 is 16.0 Å². The number of sulfonamides is 1. The summed E-state index contributed by atoms with van der Waals surface area (Å²) in [4.78, 5) is 10.5. The zero-order valence-corrected chi connectivity index (χ0v) is 11.9. The topological polar surface area (TPSA) is 86.7 Å². The maximum atomic E-state index is 12.3. The third-order valence-corrected chi connectivity index (χ3v) is 5.93. The van der Waals surface area contributed by atoms with Crippen LogP contribution in [0.4, 0.5) is 0 Å². The number of aliphatic carboxylic acids is 1.